The molecule has 1 N–H and O–H groups in total. The second-order valence-corrected chi connectivity index (χ2v) is 9.79. The summed E-state index contributed by atoms with van der Waals surface area (Å²) in [5.41, 5.74) is 1.05. The molecule has 1 aromatic carbocycles. The van der Waals surface area contributed by atoms with Crippen LogP contribution in [0.2, 0.25) is 0 Å². The Balaban J connectivity index is 1.53. The molecule has 6 nitrogen and oxygen atoms in total. The van der Waals surface area contributed by atoms with Crippen molar-refractivity contribution in [2.45, 2.75) is 49.5 Å². The first-order chi connectivity index (χ1) is 12.9. The molecule has 144 valence electrons. The number of fused-ring (bicyclic) bond motifs is 1. The molecule has 1 fully saturated rings. The summed E-state index contributed by atoms with van der Waals surface area (Å²) >= 11 is 1.48. The lowest BCUT2D eigenvalue weighted by molar-refractivity contribution is -0.119. The average Bonchev–Trinajstić information content (AvgIpc) is 3.29. The van der Waals surface area contributed by atoms with Crippen molar-refractivity contribution >= 4 is 32.4 Å². The van der Waals surface area contributed by atoms with E-state index in [2.05, 4.69) is 10.3 Å². The van der Waals surface area contributed by atoms with Crippen LogP contribution in [0.1, 0.15) is 36.3 Å². The van der Waals surface area contributed by atoms with E-state index in [1.54, 1.807) is 0 Å². The molecule has 1 saturated heterocycles. The average molecular weight is 410 g/mol. The van der Waals surface area contributed by atoms with Gasteiger partial charge in [0.1, 0.15) is 11.9 Å². The van der Waals surface area contributed by atoms with E-state index >= 15 is 0 Å². The normalized spacial score (nSPS) is 20.4. The van der Waals surface area contributed by atoms with Crippen LogP contribution >= 0.6 is 11.3 Å². The van der Waals surface area contributed by atoms with Gasteiger partial charge >= 0.3 is 0 Å². The Morgan fingerprint density at radius 2 is 1.93 bits per heavy atom. The molecule has 2 aromatic rings. The highest BCUT2D eigenvalue weighted by molar-refractivity contribution is 7.89. The standard InChI is InChI=1S/C18H20FN3O3S2/c19-12-7-9-13(10-8-12)27(24,25)22-11-3-5-15(22)17(23)21-18-20-14-4-1-2-6-16(14)26-18/h7-10,15H,1-6,11H2,(H,20,21,23). The minimum absolute atomic E-state index is 0.00619. The Morgan fingerprint density at radius 1 is 1.19 bits per heavy atom. The summed E-state index contributed by atoms with van der Waals surface area (Å²) in [6.45, 7) is 0.270. The molecule has 1 aromatic heterocycles. The predicted octanol–water partition coefficient (Wildman–Crippen LogP) is 2.95. The van der Waals surface area contributed by atoms with E-state index in [4.69, 9.17) is 0 Å². The van der Waals surface area contributed by atoms with Gasteiger partial charge in [0.2, 0.25) is 15.9 Å². The first-order valence-electron chi connectivity index (χ1n) is 9.02. The number of halogens is 1. The number of benzene rings is 1. The minimum Gasteiger partial charge on any atom is -0.301 e. The molecule has 1 amide bonds. The maximum absolute atomic E-state index is 13.1. The molecule has 4 rings (SSSR count). The molecule has 1 atom stereocenters. The highest BCUT2D eigenvalue weighted by atomic mass is 32.2. The summed E-state index contributed by atoms with van der Waals surface area (Å²) < 4.78 is 40.1. The smallest absolute Gasteiger partial charge is 0.244 e. The summed E-state index contributed by atoms with van der Waals surface area (Å²) in [6, 6.07) is 3.90. The quantitative estimate of drug-likeness (QED) is 0.842. The van der Waals surface area contributed by atoms with Crippen LogP contribution in [0.3, 0.4) is 0 Å². The SMILES string of the molecule is O=C(Nc1nc2c(s1)CCCC2)C1CCCN1S(=O)(=O)c1ccc(F)cc1. The van der Waals surface area contributed by atoms with Crippen molar-refractivity contribution in [1.82, 2.24) is 9.29 Å². The van der Waals surface area contributed by atoms with Gasteiger partial charge in [0.05, 0.1) is 10.6 Å². The number of aryl methyl sites for hydroxylation is 2. The summed E-state index contributed by atoms with van der Waals surface area (Å²) in [6.07, 6.45) is 5.21. The van der Waals surface area contributed by atoms with E-state index < -0.39 is 21.9 Å². The zero-order valence-corrected chi connectivity index (χ0v) is 16.3. The summed E-state index contributed by atoms with van der Waals surface area (Å²) in [4.78, 5) is 18.5. The van der Waals surface area contributed by atoms with Crippen molar-refractivity contribution in [3.63, 3.8) is 0 Å². The molecule has 1 aliphatic carbocycles. The van der Waals surface area contributed by atoms with Crippen LogP contribution in [-0.4, -0.2) is 36.2 Å². The first-order valence-corrected chi connectivity index (χ1v) is 11.3. The Morgan fingerprint density at radius 3 is 2.67 bits per heavy atom. The van der Waals surface area contributed by atoms with Crippen molar-refractivity contribution in [3.8, 4) is 0 Å². The third kappa shape index (κ3) is 3.63. The number of rotatable bonds is 4. The topological polar surface area (TPSA) is 79.4 Å². The van der Waals surface area contributed by atoms with Gasteiger partial charge in [-0.3, -0.25) is 4.79 Å². The number of thiazole rings is 1. The predicted molar refractivity (Wildman–Crippen MR) is 101 cm³/mol. The van der Waals surface area contributed by atoms with Crippen molar-refractivity contribution < 1.29 is 17.6 Å². The molecule has 0 radical (unpaired) electrons. The number of hydrogen-bond donors (Lipinski definition) is 1. The fraction of sp³-hybridized carbons (Fsp3) is 0.444. The van der Waals surface area contributed by atoms with Crippen molar-refractivity contribution in [2.24, 2.45) is 0 Å². The molecule has 1 aliphatic heterocycles. The van der Waals surface area contributed by atoms with E-state index in [9.17, 15) is 17.6 Å². The number of nitrogens with one attached hydrogen (secondary N) is 1. The van der Waals surface area contributed by atoms with E-state index in [0.717, 1.165) is 43.5 Å². The van der Waals surface area contributed by atoms with Crippen LogP contribution < -0.4 is 5.32 Å². The number of anilines is 1. The fourth-order valence-corrected chi connectivity index (χ4v) is 6.34. The van der Waals surface area contributed by atoms with Gasteiger partial charge in [0.15, 0.2) is 5.13 Å². The van der Waals surface area contributed by atoms with Crippen LogP contribution in [0, 0.1) is 5.82 Å². The van der Waals surface area contributed by atoms with E-state index in [1.165, 1.54) is 32.7 Å². The molecule has 1 unspecified atom stereocenters. The Hall–Kier alpha value is -1.84. The Labute approximate surface area is 161 Å². The number of nitrogens with zero attached hydrogens (tertiary/aromatic N) is 2. The molecule has 0 bridgehead atoms. The molecule has 27 heavy (non-hydrogen) atoms. The van der Waals surface area contributed by atoms with Crippen LogP contribution in [0.5, 0.6) is 0 Å². The van der Waals surface area contributed by atoms with E-state index in [-0.39, 0.29) is 17.3 Å². The van der Waals surface area contributed by atoms with Gasteiger partial charge in [-0.25, -0.2) is 17.8 Å². The van der Waals surface area contributed by atoms with Gasteiger partial charge in [-0.1, -0.05) is 0 Å². The number of amides is 1. The zero-order chi connectivity index (χ0) is 19.0. The maximum Gasteiger partial charge on any atom is 0.244 e. The van der Waals surface area contributed by atoms with Gasteiger partial charge < -0.3 is 5.32 Å². The van der Waals surface area contributed by atoms with Crippen LogP contribution in [0.15, 0.2) is 29.2 Å². The molecular formula is C18H20FN3O3S2. The van der Waals surface area contributed by atoms with Gasteiger partial charge in [-0.2, -0.15) is 4.31 Å². The first kappa shape index (κ1) is 18.5. The molecule has 9 heteroatoms. The number of sulfonamides is 1. The summed E-state index contributed by atoms with van der Waals surface area (Å²) in [5, 5.41) is 3.35. The summed E-state index contributed by atoms with van der Waals surface area (Å²) in [5.74, 6) is -0.860. The van der Waals surface area contributed by atoms with Crippen molar-refractivity contribution in [3.05, 3.63) is 40.7 Å². The Bertz CT molecular complexity index is 933. The number of carbonyl (C=O) groups excluding carboxylic acids is 1. The van der Waals surface area contributed by atoms with Gasteiger partial charge in [-0.05, 0) is 62.8 Å². The van der Waals surface area contributed by atoms with Gasteiger partial charge in [0, 0.05) is 11.4 Å². The van der Waals surface area contributed by atoms with Crippen LogP contribution in [0.25, 0.3) is 0 Å². The molecular weight excluding hydrogens is 389 g/mol. The monoisotopic (exact) mass is 409 g/mol. The number of carbonyl (C=O) groups is 1. The third-order valence-corrected chi connectivity index (χ3v) is 8.00. The lowest BCUT2D eigenvalue weighted by Crippen LogP contribution is -2.43. The molecule has 0 spiro atoms. The zero-order valence-electron chi connectivity index (χ0n) is 14.7. The lowest BCUT2D eigenvalue weighted by Gasteiger charge is -2.23. The molecule has 0 saturated carbocycles. The third-order valence-electron chi connectivity index (χ3n) is 5.00. The van der Waals surface area contributed by atoms with E-state index in [0.29, 0.717) is 18.0 Å². The van der Waals surface area contributed by atoms with Gasteiger partial charge in [0.25, 0.3) is 0 Å². The van der Waals surface area contributed by atoms with Crippen LogP contribution in [0.4, 0.5) is 9.52 Å². The highest BCUT2D eigenvalue weighted by Crippen LogP contribution is 2.31. The number of hydrogen-bond acceptors (Lipinski definition) is 5. The second kappa shape index (κ2) is 7.29. The number of aromatic nitrogens is 1. The van der Waals surface area contributed by atoms with Crippen LogP contribution in [-0.2, 0) is 27.7 Å². The van der Waals surface area contributed by atoms with Crippen molar-refractivity contribution in [1.29, 1.82) is 0 Å². The Kier molecular flexibility index (Phi) is 5.00. The second-order valence-electron chi connectivity index (χ2n) is 6.81. The maximum atomic E-state index is 13.1. The lowest BCUT2D eigenvalue weighted by atomic mass is 10.0. The minimum atomic E-state index is -3.86. The highest BCUT2D eigenvalue weighted by Gasteiger charge is 2.39. The largest absolute Gasteiger partial charge is 0.301 e. The van der Waals surface area contributed by atoms with E-state index in [1.807, 2.05) is 0 Å². The van der Waals surface area contributed by atoms with Gasteiger partial charge in [-0.15, -0.1) is 11.3 Å². The molecule has 2 heterocycles. The van der Waals surface area contributed by atoms with Crippen molar-refractivity contribution in [2.75, 3.05) is 11.9 Å². The summed E-state index contributed by atoms with van der Waals surface area (Å²) in [7, 11) is -3.86. The fourth-order valence-electron chi connectivity index (χ4n) is 3.63. The molecule has 2 aliphatic rings.